The summed E-state index contributed by atoms with van der Waals surface area (Å²) in [4.78, 5) is 26.1. The van der Waals surface area contributed by atoms with E-state index in [9.17, 15) is 19.6 Å². The molecule has 1 unspecified atom stereocenters. The molecule has 282 valence electrons. The van der Waals surface area contributed by atoms with Crippen LogP contribution in [0.5, 0.6) is 5.75 Å². The third-order valence-electron chi connectivity index (χ3n) is 8.72. The van der Waals surface area contributed by atoms with Crippen LogP contribution in [0.3, 0.4) is 0 Å². The number of esters is 1. The van der Waals surface area contributed by atoms with E-state index in [1.807, 2.05) is 75.4 Å². The molecule has 5 aromatic rings. The first-order valence-electron chi connectivity index (χ1n) is 17.3. The number of carbonyl (C=O) groups is 1. The summed E-state index contributed by atoms with van der Waals surface area (Å²) >= 11 is 0. The molecule has 1 aliphatic rings. The Hall–Kier alpha value is -4.63. The van der Waals surface area contributed by atoms with Gasteiger partial charge in [0.15, 0.2) is 23.2 Å². The molecule has 3 aromatic carbocycles. The Morgan fingerprint density at radius 1 is 1.09 bits per heavy atom. The molecule has 0 saturated carbocycles. The topological polar surface area (TPSA) is 205 Å². The first kappa shape index (κ1) is 38.1. The predicted octanol–water partition coefficient (Wildman–Crippen LogP) is 5.00. The van der Waals surface area contributed by atoms with E-state index in [1.54, 1.807) is 18.2 Å². The van der Waals surface area contributed by atoms with Crippen molar-refractivity contribution in [1.82, 2.24) is 24.6 Å². The molecule has 1 saturated heterocycles. The van der Waals surface area contributed by atoms with Crippen molar-refractivity contribution in [3.8, 4) is 5.75 Å². The molecule has 0 spiro atoms. The monoisotopic (exact) mass is 747 g/mol. The van der Waals surface area contributed by atoms with Crippen molar-refractivity contribution in [2.75, 3.05) is 30.8 Å². The number of anilines is 2. The van der Waals surface area contributed by atoms with Gasteiger partial charge in [0, 0.05) is 11.9 Å². The minimum Gasteiger partial charge on any atom is -0.464 e. The molecule has 6 N–H and O–H groups in total. The van der Waals surface area contributed by atoms with Crippen molar-refractivity contribution in [1.29, 1.82) is 0 Å². The molecule has 0 aliphatic carbocycles. The largest absolute Gasteiger partial charge is 0.464 e. The number of nitrogens with zero attached hydrogens (tertiary/aromatic N) is 4. The maximum Gasteiger partial charge on any atom is 0.459 e. The summed E-state index contributed by atoms with van der Waals surface area (Å²) in [5, 5.41) is 30.4. The Kier molecular flexibility index (Phi) is 11.1. The van der Waals surface area contributed by atoms with Crippen LogP contribution in [0.15, 0.2) is 79.1 Å². The van der Waals surface area contributed by atoms with Crippen molar-refractivity contribution in [2.45, 2.75) is 71.1 Å². The van der Waals surface area contributed by atoms with Gasteiger partial charge in [-0.3, -0.25) is 13.9 Å². The molecule has 53 heavy (non-hydrogen) atoms. The summed E-state index contributed by atoms with van der Waals surface area (Å²) in [6.07, 6.45) is -1.84. The normalized spacial score (nSPS) is 22.1. The lowest BCUT2D eigenvalue weighted by Crippen LogP contribution is -2.44. The molecule has 0 amide bonds. The van der Waals surface area contributed by atoms with E-state index in [-0.39, 0.29) is 29.4 Å². The zero-order chi connectivity index (χ0) is 38.0. The van der Waals surface area contributed by atoms with E-state index >= 15 is 0 Å². The fourth-order valence-electron chi connectivity index (χ4n) is 5.94. The first-order chi connectivity index (χ1) is 25.1. The van der Waals surface area contributed by atoms with Crippen LogP contribution in [0, 0.1) is 5.41 Å². The lowest BCUT2D eigenvalue weighted by molar-refractivity contribution is -0.148. The summed E-state index contributed by atoms with van der Waals surface area (Å²) < 4.78 is 39.5. The third-order valence-corrected chi connectivity index (χ3v) is 10.4. The van der Waals surface area contributed by atoms with E-state index in [0.717, 1.165) is 17.4 Å². The molecule has 2 aromatic heterocycles. The average molecular weight is 748 g/mol. The number of aliphatic hydroxyl groups excluding tert-OH is 1. The van der Waals surface area contributed by atoms with Crippen LogP contribution in [0.2, 0.25) is 0 Å². The van der Waals surface area contributed by atoms with Gasteiger partial charge in [0.2, 0.25) is 5.95 Å². The number of benzene rings is 3. The second-order valence-electron chi connectivity index (χ2n) is 14.5. The molecule has 16 heteroatoms. The Morgan fingerprint density at radius 2 is 1.81 bits per heavy atom. The number of imidazole rings is 1. The maximum atomic E-state index is 14.5. The summed E-state index contributed by atoms with van der Waals surface area (Å²) in [7, 11) is -4.39. The number of aliphatic hydroxyl groups is 2. The number of hydrogen-bond acceptors (Lipinski definition) is 13. The zero-order valence-corrected chi connectivity index (χ0v) is 31.2. The van der Waals surface area contributed by atoms with Crippen LogP contribution >= 0.6 is 7.75 Å². The fraction of sp³-hybridized carbons (Fsp3) is 0.405. The second-order valence-corrected chi connectivity index (χ2v) is 16.2. The minimum absolute atomic E-state index is 0.0349. The third kappa shape index (κ3) is 8.78. The van der Waals surface area contributed by atoms with Crippen LogP contribution in [0.25, 0.3) is 21.9 Å². The number of carbonyl (C=O) groups excluding carboxylic acids is 1. The molecule has 6 atom stereocenters. The van der Waals surface area contributed by atoms with Gasteiger partial charge in [-0.05, 0) is 42.7 Å². The van der Waals surface area contributed by atoms with Crippen LogP contribution in [0.4, 0.5) is 11.8 Å². The van der Waals surface area contributed by atoms with E-state index < -0.39 is 50.4 Å². The molecular weight excluding hydrogens is 701 g/mol. The number of hydrogen-bond donors (Lipinski definition) is 5. The quantitative estimate of drug-likeness (QED) is 0.0750. The smallest absolute Gasteiger partial charge is 0.459 e. The van der Waals surface area contributed by atoms with Crippen LogP contribution in [-0.4, -0.2) is 79.3 Å². The Balaban J connectivity index is 1.22. The standard InChI is InChI=1S/C37H46N7O8P/c1-23(33(46)49-21-36(2,3)4)43-53(48,52-27-17-11-15-25-14-9-10-16-26(25)27)50-20-28-30(45)37(5,47)34(51-28)44-22-40-29-31(41-35(38)42-32(29)44)39-19-18-24-12-7-6-8-13-24/h6-17,22-23,28,30,34,45,47H,18-21H2,1-5H3,(H,43,48)(H3,38,39,41,42)/t23-,28+,30+,34+,37+,53?/m0/s1. The minimum atomic E-state index is -4.39. The summed E-state index contributed by atoms with van der Waals surface area (Å²) in [6.45, 7) is 8.81. The predicted molar refractivity (Wildman–Crippen MR) is 200 cm³/mol. The van der Waals surface area contributed by atoms with Crippen LogP contribution in [-0.2, 0) is 29.8 Å². The Morgan fingerprint density at radius 3 is 2.57 bits per heavy atom. The number of ether oxygens (including phenoxy) is 2. The Labute approximate surface area is 307 Å². The number of rotatable bonds is 14. The summed E-state index contributed by atoms with van der Waals surface area (Å²) in [5.41, 5.74) is 5.67. The maximum absolute atomic E-state index is 14.5. The van der Waals surface area contributed by atoms with E-state index in [1.165, 1.54) is 24.7 Å². The van der Waals surface area contributed by atoms with Gasteiger partial charge in [0.25, 0.3) is 0 Å². The van der Waals surface area contributed by atoms with E-state index in [2.05, 4.69) is 25.4 Å². The van der Waals surface area contributed by atoms with E-state index in [0.29, 0.717) is 23.3 Å². The number of nitrogen functional groups attached to an aromatic ring is 1. The van der Waals surface area contributed by atoms with Crippen molar-refractivity contribution < 1.29 is 38.1 Å². The van der Waals surface area contributed by atoms with Gasteiger partial charge in [0.1, 0.15) is 29.6 Å². The summed E-state index contributed by atoms with van der Waals surface area (Å²) in [6, 6.07) is 21.4. The molecular formula is C37H46N7O8P. The highest BCUT2D eigenvalue weighted by Gasteiger charge is 2.54. The van der Waals surface area contributed by atoms with Crippen molar-refractivity contribution in [2.24, 2.45) is 5.41 Å². The number of nitrogens with one attached hydrogen (secondary N) is 2. The lowest BCUT2D eigenvalue weighted by atomic mass is 9.96. The fourth-order valence-corrected chi connectivity index (χ4v) is 7.47. The molecule has 0 radical (unpaired) electrons. The molecule has 15 nitrogen and oxygen atoms in total. The zero-order valence-electron chi connectivity index (χ0n) is 30.3. The number of nitrogens with two attached hydrogens (primary N) is 1. The van der Waals surface area contributed by atoms with Gasteiger partial charge in [-0.2, -0.15) is 15.1 Å². The van der Waals surface area contributed by atoms with Gasteiger partial charge in [0.05, 0.1) is 19.5 Å². The van der Waals surface area contributed by atoms with Gasteiger partial charge in [-0.25, -0.2) is 9.55 Å². The first-order valence-corrected chi connectivity index (χ1v) is 18.9. The van der Waals surface area contributed by atoms with E-state index in [4.69, 9.17) is 24.3 Å². The highest BCUT2D eigenvalue weighted by atomic mass is 31.2. The van der Waals surface area contributed by atoms with Crippen LogP contribution in [0.1, 0.15) is 46.4 Å². The Bertz CT molecular complexity index is 2100. The highest BCUT2D eigenvalue weighted by molar-refractivity contribution is 7.52. The van der Waals surface area contributed by atoms with Gasteiger partial charge in [-0.1, -0.05) is 87.5 Å². The second kappa shape index (κ2) is 15.4. The van der Waals surface area contributed by atoms with Gasteiger partial charge >= 0.3 is 13.7 Å². The molecule has 1 fully saturated rings. The highest BCUT2D eigenvalue weighted by Crippen LogP contribution is 2.48. The van der Waals surface area contributed by atoms with Gasteiger partial charge < -0.3 is 35.3 Å². The average Bonchev–Trinajstić information content (AvgIpc) is 3.63. The molecule has 1 aliphatic heterocycles. The molecule has 0 bridgehead atoms. The SMILES string of the molecule is C[C@H](NP(=O)(OC[C@H]1O[C@@H](n2cnc3c(NCCc4ccccc4)nc(N)nc32)[C@](C)(O)[C@@H]1O)Oc1cccc2ccccc12)C(=O)OCC(C)(C)C. The number of aromatic nitrogens is 4. The van der Waals surface area contributed by atoms with Crippen molar-refractivity contribution in [3.63, 3.8) is 0 Å². The number of fused-ring (bicyclic) bond motifs is 2. The molecule has 3 heterocycles. The van der Waals surface area contributed by atoms with Crippen molar-refractivity contribution in [3.05, 3.63) is 84.7 Å². The molecule has 6 rings (SSSR count). The van der Waals surface area contributed by atoms with Crippen molar-refractivity contribution >= 4 is 47.4 Å². The van der Waals surface area contributed by atoms with Crippen LogP contribution < -0.4 is 20.7 Å². The lowest BCUT2D eigenvalue weighted by Gasteiger charge is -2.27. The van der Waals surface area contributed by atoms with Gasteiger partial charge in [-0.15, -0.1) is 0 Å². The summed E-state index contributed by atoms with van der Waals surface area (Å²) in [5.74, 6) is -0.0600.